The molecular formula is C6H14N2O. The monoisotopic (exact) mass is 130 g/mol. The van der Waals surface area contributed by atoms with Gasteiger partial charge in [-0.1, -0.05) is 13.8 Å². The number of aliphatic hydroxyl groups excluding tert-OH is 1. The molecule has 0 saturated heterocycles. The molecular weight excluding hydrogens is 116 g/mol. The van der Waals surface area contributed by atoms with E-state index in [2.05, 4.69) is 4.99 Å². The van der Waals surface area contributed by atoms with Gasteiger partial charge in [0, 0.05) is 12.5 Å². The van der Waals surface area contributed by atoms with Crippen LogP contribution in [0.4, 0.5) is 0 Å². The molecule has 0 heterocycles. The maximum atomic E-state index is 8.73. The van der Waals surface area contributed by atoms with Crippen LogP contribution < -0.4 is 5.73 Å². The highest BCUT2D eigenvalue weighted by Crippen LogP contribution is 2.12. The summed E-state index contributed by atoms with van der Waals surface area (Å²) in [6, 6.07) is 0. The Morgan fingerprint density at radius 3 is 2.22 bits per heavy atom. The van der Waals surface area contributed by atoms with Crippen molar-refractivity contribution in [2.45, 2.75) is 13.8 Å². The molecule has 0 aliphatic heterocycles. The number of hydrogen-bond donors (Lipinski definition) is 2. The average molecular weight is 130 g/mol. The lowest BCUT2D eigenvalue weighted by molar-refractivity contribution is 0.212. The van der Waals surface area contributed by atoms with Crippen LogP contribution in [-0.4, -0.2) is 24.6 Å². The minimum absolute atomic E-state index is 0.0379. The van der Waals surface area contributed by atoms with E-state index in [4.69, 9.17) is 10.8 Å². The molecule has 0 aromatic heterocycles. The van der Waals surface area contributed by atoms with Crippen molar-refractivity contribution in [1.29, 1.82) is 0 Å². The van der Waals surface area contributed by atoms with Crippen molar-refractivity contribution >= 4 is 5.84 Å². The molecule has 0 rings (SSSR count). The number of aliphatic imine (C=N–C) groups is 1. The third-order valence-electron chi connectivity index (χ3n) is 1.33. The summed E-state index contributed by atoms with van der Waals surface area (Å²) in [6.07, 6.45) is 0. The Labute approximate surface area is 55.6 Å². The Balaban J connectivity index is 4.14. The molecule has 0 radical (unpaired) electrons. The maximum absolute atomic E-state index is 8.73. The van der Waals surface area contributed by atoms with Crippen molar-refractivity contribution in [2.24, 2.45) is 16.1 Å². The van der Waals surface area contributed by atoms with Gasteiger partial charge in [0.15, 0.2) is 0 Å². The molecule has 0 saturated carbocycles. The Morgan fingerprint density at radius 2 is 2.11 bits per heavy atom. The molecule has 0 fully saturated rings. The SMILES string of the molecule is CN=C(N)C(C)(C)CO. The fourth-order valence-corrected chi connectivity index (χ4v) is 0.384. The van der Waals surface area contributed by atoms with Crippen LogP contribution in [0.3, 0.4) is 0 Å². The molecule has 0 spiro atoms. The second kappa shape index (κ2) is 2.82. The summed E-state index contributed by atoms with van der Waals surface area (Å²) in [6.45, 7) is 3.72. The van der Waals surface area contributed by atoms with E-state index in [1.54, 1.807) is 7.05 Å². The molecule has 3 N–H and O–H groups in total. The molecule has 0 aromatic rings. The predicted octanol–water partition coefficient (Wildman–Crippen LogP) is -0.00810. The zero-order chi connectivity index (χ0) is 7.49. The average Bonchev–Trinajstić information content (AvgIpc) is 1.86. The van der Waals surface area contributed by atoms with E-state index in [0.29, 0.717) is 5.84 Å². The van der Waals surface area contributed by atoms with E-state index in [1.807, 2.05) is 13.8 Å². The number of nitrogens with zero attached hydrogens (tertiary/aromatic N) is 1. The molecule has 0 amide bonds. The molecule has 3 heteroatoms. The first-order chi connectivity index (χ1) is 4.04. The van der Waals surface area contributed by atoms with Crippen LogP contribution in [0.1, 0.15) is 13.8 Å². The van der Waals surface area contributed by atoms with E-state index in [-0.39, 0.29) is 12.0 Å². The molecule has 0 atom stereocenters. The number of rotatable bonds is 2. The topological polar surface area (TPSA) is 58.6 Å². The van der Waals surface area contributed by atoms with Crippen LogP contribution in [0, 0.1) is 5.41 Å². The largest absolute Gasteiger partial charge is 0.395 e. The number of aliphatic hydroxyl groups is 1. The summed E-state index contributed by atoms with van der Waals surface area (Å²) < 4.78 is 0. The molecule has 0 bridgehead atoms. The zero-order valence-corrected chi connectivity index (χ0v) is 6.18. The van der Waals surface area contributed by atoms with Gasteiger partial charge < -0.3 is 10.8 Å². The number of nitrogens with two attached hydrogens (primary N) is 1. The van der Waals surface area contributed by atoms with Crippen molar-refractivity contribution in [1.82, 2.24) is 0 Å². The Morgan fingerprint density at radius 1 is 1.67 bits per heavy atom. The third kappa shape index (κ3) is 2.01. The van der Waals surface area contributed by atoms with Gasteiger partial charge in [-0.25, -0.2) is 0 Å². The third-order valence-corrected chi connectivity index (χ3v) is 1.33. The molecule has 9 heavy (non-hydrogen) atoms. The van der Waals surface area contributed by atoms with Gasteiger partial charge >= 0.3 is 0 Å². The Kier molecular flexibility index (Phi) is 2.65. The summed E-state index contributed by atoms with van der Waals surface area (Å²) in [5.74, 6) is 0.491. The summed E-state index contributed by atoms with van der Waals surface area (Å²) in [4.78, 5) is 3.77. The van der Waals surface area contributed by atoms with E-state index in [0.717, 1.165) is 0 Å². The lowest BCUT2D eigenvalue weighted by Gasteiger charge is -2.19. The van der Waals surface area contributed by atoms with Gasteiger partial charge in [0.05, 0.1) is 6.61 Å². The lowest BCUT2D eigenvalue weighted by Crippen LogP contribution is -2.34. The molecule has 0 aliphatic rings. The van der Waals surface area contributed by atoms with Gasteiger partial charge in [-0.3, -0.25) is 4.99 Å². The van der Waals surface area contributed by atoms with Gasteiger partial charge in [0.2, 0.25) is 0 Å². The van der Waals surface area contributed by atoms with Crippen LogP contribution >= 0.6 is 0 Å². The summed E-state index contributed by atoms with van der Waals surface area (Å²) >= 11 is 0. The second-order valence-electron chi connectivity index (χ2n) is 2.65. The van der Waals surface area contributed by atoms with Crippen LogP contribution in [0.25, 0.3) is 0 Å². The van der Waals surface area contributed by atoms with Crippen molar-refractivity contribution in [3.05, 3.63) is 0 Å². The second-order valence-corrected chi connectivity index (χ2v) is 2.65. The van der Waals surface area contributed by atoms with Gasteiger partial charge in [0.25, 0.3) is 0 Å². The van der Waals surface area contributed by atoms with E-state index in [1.165, 1.54) is 0 Å². The van der Waals surface area contributed by atoms with Crippen LogP contribution in [-0.2, 0) is 0 Å². The number of hydrogen-bond acceptors (Lipinski definition) is 2. The molecule has 0 unspecified atom stereocenters. The molecule has 0 aliphatic carbocycles. The standard InChI is InChI=1S/C6H14N2O/c1-6(2,4-9)5(7)8-3/h9H,4H2,1-3H3,(H2,7,8). The first-order valence-electron chi connectivity index (χ1n) is 2.88. The predicted molar refractivity (Wildman–Crippen MR) is 38.4 cm³/mol. The molecule has 3 nitrogen and oxygen atoms in total. The summed E-state index contributed by atoms with van der Waals surface area (Å²) in [7, 11) is 1.62. The van der Waals surface area contributed by atoms with Crippen molar-refractivity contribution in [2.75, 3.05) is 13.7 Å². The first-order valence-corrected chi connectivity index (χ1v) is 2.88. The van der Waals surface area contributed by atoms with E-state index < -0.39 is 0 Å². The molecule has 0 aromatic carbocycles. The van der Waals surface area contributed by atoms with Gasteiger partial charge in [-0.15, -0.1) is 0 Å². The molecule has 54 valence electrons. The minimum atomic E-state index is -0.366. The van der Waals surface area contributed by atoms with Crippen LogP contribution in [0.5, 0.6) is 0 Å². The Bertz CT molecular complexity index is 118. The van der Waals surface area contributed by atoms with Crippen LogP contribution in [0.15, 0.2) is 4.99 Å². The minimum Gasteiger partial charge on any atom is -0.395 e. The highest BCUT2D eigenvalue weighted by atomic mass is 16.3. The quantitative estimate of drug-likeness (QED) is 0.408. The van der Waals surface area contributed by atoms with E-state index >= 15 is 0 Å². The zero-order valence-electron chi connectivity index (χ0n) is 6.18. The summed E-state index contributed by atoms with van der Waals surface area (Å²) in [5, 5.41) is 8.73. The van der Waals surface area contributed by atoms with Crippen molar-refractivity contribution < 1.29 is 5.11 Å². The van der Waals surface area contributed by atoms with E-state index in [9.17, 15) is 0 Å². The lowest BCUT2D eigenvalue weighted by atomic mass is 9.94. The fourth-order valence-electron chi connectivity index (χ4n) is 0.384. The van der Waals surface area contributed by atoms with Gasteiger partial charge in [-0.05, 0) is 0 Å². The number of amidine groups is 1. The Hall–Kier alpha value is -0.570. The first kappa shape index (κ1) is 8.43. The van der Waals surface area contributed by atoms with Crippen LogP contribution in [0.2, 0.25) is 0 Å². The maximum Gasteiger partial charge on any atom is 0.101 e. The van der Waals surface area contributed by atoms with Gasteiger partial charge in [-0.2, -0.15) is 0 Å². The highest BCUT2D eigenvalue weighted by Gasteiger charge is 2.20. The highest BCUT2D eigenvalue weighted by molar-refractivity contribution is 5.85. The smallest absolute Gasteiger partial charge is 0.101 e. The van der Waals surface area contributed by atoms with Gasteiger partial charge in [0.1, 0.15) is 5.84 Å². The van der Waals surface area contributed by atoms with Crippen molar-refractivity contribution in [3.8, 4) is 0 Å². The van der Waals surface area contributed by atoms with Crippen molar-refractivity contribution in [3.63, 3.8) is 0 Å². The summed E-state index contributed by atoms with van der Waals surface area (Å²) in [5.41, 5.74) is 5.08. The normalized spacial score (nSPS) is 14.0. The fraction of sp³-hybridized carbons (Fsp3) is 0.833.